The molecule has 144 valence electrons. The van der Waals surface area contributed by atoms with Gasteiger partial charge in [0.1, 0.15) is 0 Å². The Balaban J connectivity index is 1.36. The molecule has 2 bridgehead atoms. The van der Waals surface area contributed by atoms with Gasteiger partial charge in [0.05, 0.1) is 6.04 Å². The van der Waals surface area contributed by atoms with Crippen LogP contribution in [0.4, 0.5) is 8.78 Å². The second kappa shape index (κ2) is 5.74. The third-order valence-electron chi connectivity index (χ3n) is 8.04. The highest BCUT2D eigenvalue weighted by Crippen LogP contribution is 2.53. The molecule has 6 atom stereocenters. The van der Waals surface area contributed by atoms with E-state index in [1.165, 1.54) is 6.07 Å². The molecule has 1 unspecified atom stereocenters. The number of hydrogen-bond acceptors (Lipinski definition) is 3. The minimum atomic E-state index is -0.785. The number of rotatable bonds is 2. The van der Waals surface area contributed by atoms with Crippen LogP contribution in [0.15, 0.2) is 18.2 Å². The summed E-state index contributed by atoms with van der Waals surface area (Å²) in [4.78, 5) is 17.9. The van der Waals surface area contributed by atoms with E-state index >= 15 is 0 Å². The van der Waals surface area contributed by atoms with Gasteiger partial charge >= 0.3 is 0 Å². The van der Waals surface area contributed by atoms with E-state index in [2.05, 4.69) is 15.1 Å². The van der Waals surface area contributed by atoms with Crippen molar-refractivity contribution in [3.8, 4) is 0 Å². The molecule has 7 rings (SSSR count). The number of amides is 1. The van der Waals surface area contributed by atoms with Gasteiger partial charge in [-0.05, 0) is 68.4 Å². The lowest BCUT2D eigenvalue weighted by atomic mass is 9.75. The van der Waals surface area contributed by atoms with Crippen molar-refractivity contribution < 1.29 is 13.6 Å². The van der Waals surface area contributed by atoms with Crippen molar-refractivity contribution in [1.29, 1.82) is 0 Å². The van der Waals surface area contributed by atoms with Crippen LogP contribution < -0.4 is 5.32 Å². The lowest BCUT2D eigenvalue weighted by molar-refractivity contribution is -0.138. The van der Waals surface area contributed by atoms with Crippen molar-refractivity contribution in [3.63, 3.8) is 0 Å². The van der Waals surface area contributed by atoms with Crippen molar-refractivity contribution >= 4 is 5.91 Å². The molecule has 0 spiro atoms. The Labute approximate surface area is 157 Å². The third kappa shape index (κ3) is 2.23. The SMILES string of the molecule is O=C(C1[C@H]2CNC[C@@H]12)N1C[C@@H](c2cccc(F)c2F)[C@H]2[C@@H]1C1CCN2CC1. The van der Waals surface area contributed by atoms with Gasteiger partial charge in [0.2, 0.25) is 5.91 Å². The number of benzene rings is 1. The molecule has 5 heterocycles. The second-order valence-electron chi connectivity index (χ2n) is 9.11. The molecule has 5 aliphatic heterocycles. The Morgan fingerprint density at radius 3 is 2.56 bits per heavy atom. The molecule has 1 aromatic rings. The molecule has 1 saturated carbocycles. The number of piperidine rings is 4. The first kappa shape index (κ1) is 16.4. The molecule has 1 N–H and O–H groups in total. The number of nitrogens with zero attached hydrogens (tertiary/aromatic N) is 2. The molecule has 4 nitrogen and oxygen atoms in total. The van der Waals surface area contributed by atoms with E-state index in [9.17, 15) is 13.6 Å². The summed E-state index contributed by atoms with van der Waals surface area (Å²) in [5.41, 5.74) is 0.450. The third-order valence-corrected chi connectivity index (χ3v) is 8.04. The first-order valence-electron chi connectivity index (χ1n) is 10.3. The summed E-state index contributed by atoms with van der Waals surface area (Å²) in [7, 11) is 0. The molecule has 0 radical (unpaired) electrons. The number of fused-ring (bicyclic) bond motifs is 3. The number of halogens is 2. The van der Waals surface area contributed by atoms with E-state index in [1.54, 1.807) is 12.1 Å². The van der Waals surface area contributed by atoms with Crippen LogP contribution in [0.1, 0.15) is 24.3 Å². The van der Waals surface area contributed by atoms with Crippen LogP contribution in [0.5, 0.6) is 0 Å². The Hall–Kier alpha value is -1.53. The summed E-state index contributed by atoms with van der Waals surface area (Å²) in [6.07, 6.45) is 2.23. The summed E-state index contributed by atoms with van der Waals surface area (Å²) in [6, 6.07) is 4.80. The van der Waals surface area contributed by atoms with Crippen molar-refractivity contribution in [2.24, 2.45) is 23.7 Å². The fraction of sp³-hybridized carbons (Fsp3) is 0.667. The summed E-state index contributed by atoms with van der Waals surface area (Å²) in [5, 5.41) is 3.36. The normalized spacial score (nSPS) is 44.3. The lowest BCUT2D eigenvalue weighted by Crippen LogP contribution is -2.61. The van der Waals surface area contributed by atoms with Gasteiger partial charge in [-0.25, -0.2) is 8.78 Å². The molecule has 1 aromatic carbocycles. The van der Waals surface area contributed by atoms with E-state index in [0.29, 0.717) is 29.9 Å². The van der Waals surface area contributed by atoms with Crippen LogP contribution >= 0.6 is 0 Å². The van der Waals surface area contributed by atoms with Crippen LogP contribution in [0.3, 0.4) is 0 Å². The second-order valence-corrected chi connectivity index (χ2v) is 9.11. The first-order valence-corrected chi connectivity index (χ1v) is 10.3. The average molecular weight is 373 g/mol. The van der Waals surface area contributed by atoms with Crippen molar-refractivity contribution in [2.75, 3.05) is 32.7 Å². The number of nitrogens with one attached hydrogen (secondary N) is 1. The van der Waals surface area contributed by atoms with Crippen LogP contribution in [0.25, 0.3) is 0 Å². The van der Waals surface area contributed by atoms with E-state index in [0.717, 1.165) is 39.0 Å². The number of carbonyl (C=O) groups is 1. The van der Waals surface area contributed by atoms with Crippen LogP contribution in [-0.2, 0) is 4.79 Å². The Morgan fingerprint density at radius 1 is 1.07 bits per heavy atom. The largest absolute Gasteiger partial charge is 0.337 e. The molecule has 6 heteroatoms. The van der Waals surface area contributed by atoms with Gasteiger partial charge in [-0.2, -0.15) is 0 Å². The first-order chi connectivity index (χ1) is 13.1. The van der Waals surface area contributed by atoms with Crippen LogP contribution in [0.2, 0.25) is 0 Å². The molecule has 27 heavy (non-hydrogen) atoms. The minimum Gasteiger partial charge on any atom is -0.337 e. The zero-order valence-electron chi connectivity index (χ0n) is 15.3. The van der Waals surface area contributed by atoms with E-state index in [4.69, 9.17) is 0 Å². The van der Waals surface area contributed by atoms with Gasteiger partial charge in [-0.1, -0.05) is 12.1 Å². The quantitative estimate of drug-likeness (QED) is 0.859. The average Bonchev–Trinajstić information content (AvgIpc) is 3.04. The fourth-order valence-electron chi connectivity index (χ4n) is 6.73. The van der Waals surface area contributed by atoms with E-state index < -0.39 is 11.6 Å². The summed E-state index contributed by atoms with van der Waals surface area (Å²) in [5.74, 6) is 0.257. The van der Waals surface area contributed by atoms with Gasteiger partial charge in [-0.3, -0.25) is 9.69 Å². The van der Waals surface area contributed by atoms with E-state index in [-0.39, 0.29) is 29.8 Å². The predicted octanol–water partition coefficient (Wildman–Crippen LogP) is 1.82. The summed E-state index contributed by atoms with van der Waals surface area (Å²) < 4.78 is 28.6. The lowest BCUT2D eigenvalue weighted by Gasteiger charge is -2.51. The molecular weight excluding hydrogens is 348 g/mol. The molecule has 5 saturated heterocycles. The van der Waals surface area contributed by atoms with E-state index in [1.807, 2.05) is 0 Å². The van der Waals surface area contributed by atoms with Crippen molar-refractivity contribution in [1.82, 2.24) is 15.1 Å². The number of hydrogen-bond donors (Lipinski definition) is 1. The highest BCUT2D eigenvalue weighted by atomic mass is 19.2. The van der Waals surface area contributed by atoms with Gasteiger partial charge in [-0.15, -0.1) is 0 Å². The van der Waals surface area contributed by atoms with Crippen LogP contribution in [0, 0.1) is 35.3 Å². The maximum Gasteiger partial charge on any atom is 0.226 e. The summed E-state index contributed by atoms with van der Waals surface area (Å²) >= 11 is 0. The Morgan fingerprint density at radius 2 is 1.81 bits per heavy atom. The highest BCUT2D eigenvalue weighted by Gasteiger charge is 2.62. The fourth-order valence-corrected chi connectivity index (χ4v) is 6.73. The number of carbonyl (C=O) groups excluding carboxylic acids is 1. The van der Waals surface area contributed by atoms with Gasteiger partial charge in [0.15, 0.2) is 11.6 Å². The summed E-state index contributed by atoms with van der Waals surface area (Å²) in [6.45, 7) is 4.45. The van der Waals surface area contributed by atoms with Crippen molar-refractivity contribution in [3.05, 3.63) is 35.4 Å². The molecule has 1 aliphatic carbocycles. The molecular formula is C21H25F2N3O. The topological polar surface area (TPSA) is 35.6 Å². The zero-order chi connectivity index (χ0) is 18.3. The standard InChI is InChI=1S/C21H25F2N3O/c22-16-3-1-2-12(18(16)23)15-10-26(21(27)17-13-8-24-9-14(13)17)19-11-4-6-25(7-5-11)20(15)19/h1-3,11,13-15,17,19-20,24H,4-10H2/t13-,14+,15-,17?,19-,20-/m0/s1. The van der Waals surface area contributed by atoms with Crippen molar-refractivity contribution in [2.45, 2.75) is 30.8 Å². The molecule has 1 amide bonds. The monoisotopic (exact) mass is 373 g/mol. The van der Waals surface area contributed by atoms with Crippen LogP contribution in [-0.4, -0.2) is 60.5 Å². The molecule has 6 fully saturated rings. The molecule has 6 aliphatic rings. The Bertz CT molecular complexity index is 784. The van der Waals surface area contributed by atoms with Gasteiger partial charge in [0, 0.05) is 24.4 Å². The highest BCUT2D eigenvalue weighted by molar-refractivity contribution is 5.83. The Kier molecular flexibility index (Phi) is 3.49. The maximum atomic E-state index is 14.6. The molecule has 0 aromatic heterocycles. The van der Waals surface area contributed by atoms with Gasteiger partial charge < -0.3 is 10.2 Å². The number of likely N-dealkylation sites (tertiary alicyclic amines) is 1. The minimum absolute atomic E-state index is 0.130. The zero-order valence-corrected chi connectivity index (χ0v) is 15.3. The smallest absolute Gasteiger partial charge is 0.226 e. The van der Waals surface area contributed by atoms with Gasteiger partial charge in [0.25, 0.3) is 0 Å². The maximum absolute atomic E-state index is 14.6. The predicted molar refractivity (Wildman–Crippen MR) is 96.0 cm³/mol.